The molecule has 27 heavy (non-hydrogen) atoms. The molecule has 0 unspecified atom stereocenters. The third-order valence-electron chi connectivity index (χ3n) is 5.42. The van der Waals surface area contributed by atoms with Crippen LogP contribution in [0, 0.1) is 0 Å². The predicted molar refractivity (Wildman–Crippen MR) is 102 cm³/mol. The maximum atomic E-state index is 12.8. The highest BCUT2D eigenvalue weighted by molar-refractivity contribution is 5.76. The van der Waals surface area contributed by atoms with E-state index in [0.29, 0.717) is 19.5 Å². The quantitative estimate of drug-likeness (QED) is 0.806. The molecule has 1 fully saturated rings. The van der Waals surface area contributed by atoms with Gasteiger partial charge in [-0.2, -0.15) is 5.10 Å². The number of rotatable bonds is 5. The molecule has 0 saturated carbocycles. The highest BCUT2D eigenvalue weighted by Crippen LogP contribution is 2.26. The van der Waals surface area contributed by atoms with Crippen molar-refractivity contribution in [3.8, 4) is 11.4 Å². The zero-order valence-electron chi connectivity index (χ0n) is 15.9. The summed E-state index contributed by atoms with van der Waals surface area (Å²) in [6.45, 7) is 7.96. The van der Waals surface area contributed by atoms with Crippen LogP contribution in [-0.4, -0.2) is 69.9 Å². The molecule has 1 amide bonds. The molecule has 7 heteroatoms. The fourth-order valence-electron chi connectivity index (χ4n) is 3.84. The van der Waals surface area contributed by atoms with E-state index in [1.54, 1.807) is 0 Å². The fraction of sp³-hybridized carbons (Fsp3) is 0.550. The summed E-state index contributed by atoms with van der Waals surface area (Å²) in [5, 5.41) is 4.64. The summed E-state index contributed by atoms with van der Waals surface area (Å²) >= 11 is 0. The Morgan fingerprint density at radius 1 is 1.15 bits per heavy atom. The molecule has 1 atom stereocenters. The standard InChI is InChI=1S/C20H27N5O2/c1-16-20-21-19(17-6-3-2-4-7-17)22-25(20)11-10-24(16)18(26)8-5-9-23-12-14-27-15-13-23/h2-4,6-7,16H,5,8-15H2,1H3/t16-/m0/s1. The molecule has 1 saturated heterocycles. The van der Waals surface area contributed by atoms with Crippen LogP contribution in [0.4, 0.5) is 0 Å². The first-order valence-corrected chi connectivity index (χ1v) is 9.82. The van der Waals surface area contributed by atoms with Crippen molar-refractivity contribution < 1.29 is 9.53 Å². The van der Waals surface area contributed by atoms with Gasteiger partial charge in [-0.05, 0) is 19.9 Å². The topological polar surface area (TPSA) is 63.5 Å². The number of carbonyl (C=O) groups excluding carboxylic acids is 1. The molecular weight excluding hydrogens is 342 g/mol. The average molecular weight is 369 g/mol. The second-order valence-electron chi connectivity index (χ2n) is 7.20. The van der Waals surface area contributed by atoms with Crippen molar-refractivity contribution in [2.24, 2.45) is 0 Å². The zero-order chi connectivity index (χ0) is 18.6. The van der Waals surface area contributed by atoms with Crippen LogP contribution in [0.5, 0.6) is 0 Å². The van der Waals surface area contributed by atoms with E-state index in [1.807, 2.05) is 46.8 Å². The maximum absolute atomic E-state index is 12.8. The number of aromatic nitrogens is 3. The van der Waals surface area contributed by atoms with Gasteiger partial charge in [0.25, 0.3) is 0 Å². The lowest BCUT2D eigenvalue weighted by Gasteiger charge is -2.33. The number of carbonyl (C=O) groups is 1. The monoisotopic (exact) mass is 369 g/mol. The highest BCUT2D eigenvalue weighted by atomic mass is 16.5. The van der Waals surface area contributed by atoms with Gasteiger partial charge in [0.2, 0.25) is 5.91 Å². The minimum atomic E-state index is -0.0420. The molecule has 2 aromatic rings. The van der Waals surface area contributed by atoms with Gasteiger partial charge in [0.15, 0.2) is 5.82 Å². The molecule has 1 aromatic carbocycles. The molecule has 2 aliphatic rings. The largest absolute Gasteiger partial charge is 0.379 e. The summed E-state index contributed by atoms with van der Waals surface area (Å²) in [7, 11) is 0. The van der Waals surface area contributed by atoms with Crippen molar-refractivity contribution in [3.05, 3.63) is 36.2 Å². The van der Waals surface area contributed by atoms with Gasteiger partial charge in [0, 0.05) is 31.6 Å². The Labute approximate surface area is 159 Å². The van der Waals surface area contributed by atoms with Crippen LogP contribution in [0.2, 0.25) is 0 Å². The number of amides is 1. The maximum Gasteiger partial charge on any atom is 0.223 e. The van der Waals surface area contributed by atoms with E-state index in [4.69, 9.17) is 9.72 Å². The Kier molecular flexibility index (Phi) is 5.50. The molecule has 2 aliphatic heterocycles. The second kappa shape index (κ2) is 8.19. The Morgan fingerprint density at radius 2 is 1.93 bits per heavy atom. The van der Waals surface area contributed by atoms with Crippen LogP contribution in [0.1, 0.15) is 31.6 Å². The summed E-state index contributed by atoms with van der Waals surface area (Å²) in [5.74, 6) is 1.83. The van der Waals surface area contributed by atoms with Crippen LogP contribution in [-0.2, 0) is 16.1 Å². The molecule has 0 N–H and O–H groups in total. The van der Waals surface area contributed by atoms with E-state index in [-0.39, 0.29) is 11.9 Å². The third-order valence-corrected chi connectivity index (χ3v) is 5.42. The molecule has 7 nitrogen and oxygen atoms in total. The predicted octanol–water partition coefficient (Wildman–Crippen LogP) is 1.96. The van der Waals surface area contributed by atoms with Crippen molar-refractivity contribution in [2.75, 3.05) is 39.4 Å². The summed E-state index contributed by atoms with van der Waals surface area (Å²) in [6.07, 6.45) is 1.48. The molecule has 1 aromatic heterocycles. The van der Waals surface area contributed by atoms with E-state index < -0.39 is 0 Å². The summed E-state index contributed by atoms with van der Waals surface area (Å²) < 4.78 is 7.32. The Bertz CT molecular complexity index is 770. The van der Waals surface area contributed by atoms with E-state index in [0.717, 1.165) is 56.5 Å². The summed E-state index contributed by atoms with van der Waals surface area (Å²) in [4.78, 5) is 21.8. The summed E-state index contributed by atoms with van der Waals surface area (Å²) in [5.41, 5.74) is 1.01. The van der Waals surface area contributed by atoms with Gasteiger partial charge in [0.05, 0.1) is 25.8 Å². The lowest BCUT2D eigenvalue weighted by molar-refractivity contribution is -0.134. The number of morpholine rings is 1. The van der Waals surface area contributed by atoms with Crippen LogP contribution in [0.3, 0.4) is 0 Å². The van der Waals surface area contributed by atoms with E-state index in [2.05, 4.69) is 10.00 Å². The van der Waals surface area contributed by atoms with Gasteiger partial charge < -0.3 is 9.64 Å². The number of hydrogen-bond acceptors (Lipinski definition) is 5. The van der Waals surface area contributed by atoms with E-state index >= 15 is 0 Å². The highest BCUT2D eigenvalue weighted by Gasteiger charge is 2.30. The third kappa shape index (κ3) is 4.04. The molecule has 0 bridgehead atoms. The molecule has 144 valence electrons. The molecule has 4 rings (SSSR count). The molecule has 0 aliphatic carbocycles. The second-order valence-corrected chi connectivity index (χ2v) is 7.20. The smallest absolute Gasteiger partial charge is 0.223 e. The van der Waals surface area contributed by atoms with Gasteiger partial charge in [-0.15, -0.1) is 0 Å². The van der Waals surface area contributed by atoms with E-state index in [9.17, 15) is 4.79 Å². The number of hydrogen-bond donors (Lipinski definition) is 0. The Morgan fingerprint density at radius 3 is 2.70 bits per heavy atom. The number of ether oxygens (including phenoxy) is 1. The SMILES string of the molecule is C[C@H]1c2nc(-c3ccccc3)nn2CCN1C(=O)CCCN1CCOCC1. The molecule has 3 heterocycles. The number of fused-ring (bicyclic) bond motifs is 1. The van der Waals surface area contributed by atoms with Gasteiger partial charge in [-0.1, -0.05) is 30.3 Å². The number of nitrogens with zero attached hydrogens (tertiary/aromatic N) is 5. The summed E-state index contributed by atoms with van der Waals surface area (Å²) in [6, 6.07) is 9.95. The van der Waals surface area contributed by atoms with Crippen molar-refractivity contribution >= 4 is 5.91 Å². The van der Waals surface area contributed by atoms with Crippen LogP contribution < -0.4 is 0 Å². The molecule has 0 spiro atoms. The molecular formula is C20H27N5O2. The average Bonchev–Trinajstić information content (AvgIpc) is 3.15. The van der Waals surface area contributed by atoms with Crippen LogP contribution in [0.25, 0.3) is 11.4 Å². The van der Waals surface area contributed by atoms with Gasteiger partial charge in [0.1, 0.15) is 5.82 Å². The minimum absolute atomic E-state index is 0.0420. The fourth-order valence-corrected chi connectivity index (χ4v) is 3.84. The normalized spacial score (nSPS) is 20.5. The first kappa shape index (κ1) is 18.1. The zero-order valence-corrected chi connectivity index (χ0v) is 15.9. The lowest BCUT2D eigenvalue weighted by Crippen LogP contribution is -2.42. The van der Waals surface area contributed by atoms with Gasteiger partial charge >= 0.3 is 0 Å². The van der Waals surface area contributed by atoms with Crippen molar-refractivity contribution in [1.29, 1.82) is 0 Å². The Balaban J connectivity index is 1.37. The van der Waals surface area contributed by atoms with Crippen LogP contribution >= 0.6 is 0 Å². The lowest BCUT2D eigenvalue weighted by atomic mass is 10.1. The first-order valence-electron chi connectivity index (χ1n) is 9.82. The van der Waals surface area contributed by atoms with Crippen LogP contribution in [0.15, 0.2) is 30.3 Å². The molecule has 0 radical (unpaired) electrons. The first-order chi connectivity index (χ1) is 13.2. The van der Waals surface area contributed by atoms with Gasteiger partial charge in [-0.3, -0.25) is 9.69 Å². The van der Waals surface area contributed by atoms with E-state index in [1.165, 1.54) is 0 Å². The Hall–Kier alpha value is -2.25. The van der Waals surface area contributed by atoms with Crippen molar-refractivity contribution in [2.45, 2.75) is 32.4 Å². The van der Waals surface area contributed by atoms with Crippen molar-refractivity contribution in [1.82, 2.24) is 24.6 Å². The minimum Gasteiger partial charge on any atom is -0.379 e. The number of benzene rings is 1. The van der Waals surface area contributed by atoms with Gasteiger partial charge in [-0.25, -0.2) is 9.67 Å². The van der Waals surface area contributed by atoms with Crippen molar-refractivity contribution in [3.63, 3.8) is 0 Å².